The highest BCUT2D eigenvalue weighted by atomic mass is 32.2. The maximum Gasteiger partial charge on any atom is 0.409 e. The van der Waals surface area contributed by atoms with Crippen LogP contribution >= 0.6 is 11.3 Å². The summed E-state index contributed by atoms with van der Waals surface area (Å²) in [5.41, 5.74) is 1.17. The van der Waals surface area contributed by atoms with Crippen molar-refractivity contribution in [1.29, 1.82) is 0 Å². The number of aliphatic hydroxyl groups excluding tert-OH is 1. The van der Waals surface area contributed by atoms with E-state index in [-0.39, 0.29) is 12.2 Å². The monoisotopic (exact) mass is 611 g/mol. The Morgan fingerprint density at radius 3 is 1.98 bits per heavy atom. The lowest BCUT2D eigenvalue weighted by Gasteiger charge is -2.25. The number of sulfonamides is 1. The number of ether oxygens (including phenoxy) is 1. The smallest absolute Gasteiger partial charge is 0.409 e. The number of carbonyl (C=O) groups is 1. The third-order valence-electron chi connectivity index (χ3n) is 6.81. The first-order valence-electron chi connectivity index (χ1n) is 15.0. The van der Waals surface area contributed by atoms with E-state index in [2.05, 4.69) is 25.7 Å². The van der Waals surface area contributed by atoms with Crippen molar-refractivity contribution >= 4 is 27.5 Å². The molecular weight excluding hydrogens is 558 g/mol. The third kappa shape index (κ3) is 15.7. The van der Waals surface area contributed by atoms with Gasteiger partial charge >= 0.3 is 6.09 Å². The zero-order chi connectivity index (χ0) is 30.5. The molecule has 10 heteroatoms. The minimum Gasteiger partial charge on any atom is -0.446 e. The van der Waals surface area contributed by atoms with Crippen LogP contribution in [0, 0.1) is 0 Å². The first-order chi connectivity index (χ1) is 19.7. The third-order valence-corrected chi connectivity index (χ3v) is 9.36. The predicted molar refractivity (Wildman–Crippen MR) is 170 cm³/mol. The Labute approximate surface area is 253 Å². The number of rotatable bonds is 10. The zero-order valence-corrected chi connectivity index (χ0v) is 27.5. The van der Waals surface area contributed by atoms with Crippen molar-refractivity contribution in [3.8, 4) is 0 Å². The average molecular weight is 612 g/mol. The molecule has 8 nitrogen and oxygen atoms in total. The lowest BCUT2D eigenvalue weighted by molar-refractivity contribution is 0.106. The van der Waals surface area contributed by atoms with Crippen LogP contribution < -0.4 is 0 Å². The van der Waals surface area contributed by atoms with Crippen molar-refractivity contribution in [1.82, 2.24) is 14.1 Å². The molecule has 1 saturated carbocycles. The van der Waals surface area contributed by atoms with E-state index in [1.165, 1.54) is 5.56 Å². The van der Waals surface area contributed by atoms with Gasteiger partial charge in [-0.05, 0) is 87.0 Å². The number of thiophene rings is 1. The van der Waals surface area contributed by atoms with E-state index in [4.69, 9.17) is 9.84 Å². The van der Waals surface area contributed by atoms with Gasteiger partial charge in [0.05, 0.1) is 4.90 Å². The number of aryl methyl sites for hydroxylation is 1. The lowest BCUT2D eigenvalue weighted by Crippen LogP contribution is -2.35. The van der Waals surface area contributed by atoms with Gasteiger partial charge in [-0.25, -0.2) is 13.2 Å². The number of piperidine rings is 1. The zero-order valence-electron chi connectivity index (χ0n) is 25.8. The molecule has 2 fully saturated rings. The summed E-state index contributed by atoms with van der Waals surface area (Å²) in [4.78, 5) is 15.2. The summed E-state index contributed by atoms with van der Waals surface area (Å²) in [7, 11) is -1.51. The Balaban J connectivity index is 0.000000300. The number of carbonyl (C=O) groups excluding carboxylic acids is 1. The Morgan fingerprint density at radius 1 is 0.976 bits per heavy atom. The molecule has 1 aromatic carbocycles. The molecule has 0 radical (unpaired) electrons. The quantitative estimate of drug-likeness (QED) is 0.348. The van der Waals surface area contributed by atoms with Gasteiger partial charge in [0.25, 0.3) is 0 Å². The number of hydrogen-bond acceptors (Lipinski definition) is 7. The normalized spacial score (nSPS) is 14.9. The Hall–Kier alpha value is -1.98. The van der Waals surface area contributed by atoms with E-state index in [0.717, 1.165) is 64.6 Å². The standard InChI is InChI=1S/C13H19NO2S.C7H13NO2.C7H17NO.C4H4S/c1-2-12-6-8-13(9-7-12)17(15,16)14-10-4-3-5-11-14;1-3-8(2)7(9)10-6-4-5-6;1-3-8(4-2)6-5-7-9;1-2-4-5-3-1/h6-9H,2-5,10-11H2,1H3;6H,3-5H2,1-2H3;9H,3-7H2,1-2H3;1-4H. The van der Waals surface area contributed by atoms with E-state index in [9.17, 15) is 13.2 Å². The summed E-state index contributed by atoms with van der Waals surface area (Å²) in [6.45, 7) is 13.8. The molecule has 41 heavy (non-hydrogen) atoms. The molecule has 1 aliphatic carbocycles. The van der Waals surface area contributed by atoms with Crippen LogP contribution in [0.2, 0.25) is 0 Å². The van der Waals surface area contributed by atoms with Crippen molar-refractivity contribution < 1.29 is 23.1 Å². The van der Waals surface area contributed by atoms with Crippen molar-refractivity contribution in [2.24, 2.45) is 0 Å². The number of hydrogen-bond donors (Lipinski definition) is 1. The van der Waals surface area contributed by atoms with Crippen LogP contribution in [0.25, 0.3) is 0 Å². The highest BCUT2D eigenvalue weighted by molar-refractivity contribution is 7.89. The van der Waals surface area contributed by atoms with Crippen molar-refractivity contribution in [2.45, 2.75) is 83.6 Å². The van der Waals surface area contributed by atoms with Crippen LogP contribution in [0.1, 0.15) is 71.8 Å². The number of benzene rings is 1. The molecule has 0 unspecified atom stereocenters. The molecule has 0 bridgehead atoms. The molecule has 1 amide bonds. The highest BCUT2D eigenvalue weighted by Gasteiger charge is 2.27. The molecule has 234 valence electrons. The first-order valence-corrected chi connectivity index (χ1v) is 17.4. The van der Waals surface area contributed by atoms with Crippen molar-refractivity contribution in [3.05, 3.63) is 52.7 Å². The van der Waals surface area contributed by atoms with Gasteiger partial charge in [-0.15, -0.1) is 0 Å². The van der Waals surface area contributed by atoms with Crippen LogP contribution in [-0.2, 0) is 21.2 Å². The largest absolute Gasteiger partial charge is 0.446 e. The van der Waals surface area contributed by atoms with E-state index >= 15 is 0 Å². The van der Waals surface area contributed by atoms with Crippen molar-refractivity contribution in [3.63, 3.8) is 0 Å². The molecule has 1 saturated heterocycles. The van der Waals surface area contributed by atoms with Gasteiger partial charge in [-0.2, -0.15) is 15.6 Å². The molecule has 0 atom stereocenters. The Bertz CT molecular complexity index is 986. The summed E-state index contributed by atoms with van der Waals surface area (Å²) in [6, 6.07) is 11.3. The van der Waals surface area contributed by atoms with Crippen LogP contribution in [0.5, 0.6) is 0 Å². The van der Waals surface area contributed by atoms with Gasteiger partial charge in [-0.3, -0.25) is 0 Å². The average Bonchev–Trinajstić information content (AvgIpc) is 3.61. The minimum atomic E-state index is -3.25. The van der Waals surface area contributed by atoms with Crippen LogP contribution in [0.4, 0.5) is 4.79 Å². The fourth-order valence-electron chi connectivity index (χ4n) is 3.76. The molecule has 4 rings (SSSR count). The second-order valence-electron chi connectivity index (χ2n) is 9.96. The van der Waals surface area contributed by atoms with E-state index in [1.54, 1.807) is 39.7 Å². The van der Waals surface area contributed by atoms with E-state index < -0.39 is 10.0 Å². The van der Waals surface area contributed by atoms with Gasteiger partial charge in [0.1, 0.15) is 6.10 Å². The van der Waals surface area contributed by atoms with Crippen molar-refractivity contribution in [2.75, 3.05) is 52.9 Å². The molecule has 0 spiro atoms. The summed E-state index contributed by atoms with van der Waals surface area (Å²) in [5.74, 6) is 0. The second-order valence-corrected chi connectivity index (χ2v) is 12.7. The molecule has 2 aliphatic rings. The second kappa shape index (κ2) is 21.7. The highest BCUT2D eigenvalue weighted by Crippen LogP contribution is 2.24. The van der Waals surface area contributed by atoms with Gasteiger partial charge < -0.3 is 19.6 Å². The number of nitrogens with zero attached hydrogens (tertiary/aromatic N) is 3. The SMILES string of the molecule is CCN(C)C(=O)OC1CC1.CCN(CC)CCCO.CCc1ccc(S(=O)(=O)N2CCCCC2)cc1.c1ccsc1. The number of amides is 1. The van der Waals surface area contributed by atoms with E-state index in [0.29, 0.717) is 31.1 Å². The molecule has 2 aromatic rings. The molecular formula is C31H53N3O5S2. The van der Waals surface area contributed by atoms with Crippen LogP contribution in [0.15, 0.2) is 52.1 Å². The maximum absolute atomic E-state index is 12.3. The fourth-order valence-corrected chi connectivity index (χ4v) is 5.73. The van der Waals surface area contributed by atoms with Gasteiger partial charge in [0.2, 0.25) is 10.0 Å². The van der Waals surface area contributed by atoms with Gasteiger partial charge in [0, 0.05) is 39.8 Å². The Morgan fingerprint density at radius 2 is 1.56 bits per heavy atom. The summed E-state index contributed by atoms with van der Waals surface area (Å²) >= 11 is 1.71. The van der Waals surface area contributed by atoms with Gasteiger partial charge in [-0.1, -0.05) is 51.5 Å². The molecule has 1 aliphatic heterocycles. The van der Waals surface area contributed by atoms with Gasteiger partial charge in [0.15, 0.2) is 0 Å². The minimum absolute atomic E-state index is 0.190. The van der Waals surface area contributed by atoms with Crippen LogP contribution in [0.3, 0.4) is 0 Å². The summed E-state index contributed by atoms with van der Waals surface area (Å²) < 4.78 is 31.2. The summed E-state index contributed by atoms with van der Waals surface area (Å²) in [5, 5.41) is 12.6. The first kappa shape index (κ1) is 37.0. The topological polar surface area (TPSA) is 90.4 Å². The lowest BCUT2D eigenvalue weighted by atomic mass is 10.2. The summed E-state index contributed by atoms with van der Waals surface area (Å²) in [6.07, 6.45) is 7.06. The predicted octanol–water partition coefficient (Wildman–Crippen LogP) is 6.12. The molecule has 2 heterocycles. The molecule has 1 aromatic heterocycles. The fraction of sp³-hybridized carbons (Fsp3) is 0.645. The molecule has 1 N–H and O–H groups in total. The maximum atomic E-state index is 12.3. The number of aliphatic hydroxyl groups is 1. The van der Waals surface area contributed by atoms with Crippen LogP contribution in [-0.4, -0.2) is 92.7 Å². The Kier molecular flexibility index (Phi) is 19.6. The van der Waals surface area contributed by atoms with E-state index in [1.807, 2.05) is 41.9 Å².